The monoisotopic (exact) mass is 281 g/mol. The Hall–Kier alpha value is -1.60. The van der Waals surface area contributed by atoms with Crippen LogP contribution in [0, 0.1) is 0 Å². The highest BCUT2D eigenvalue weighted by Crippen LogP contribution is 2.12. The minimum Gasteiger partial charge on any atom is -0.474 e. The molecule has 1 aromatic heterocycles. The molecule has 0 saturated carbocycles. The normalized spacial score (nSPS) is 13.3. The van der Waals surface area contributed by atoms with Crippen molar-refractivity contribution in [2.45, 2.75) is 45.9 Å². The molecule has 0 saturated heterocycles. The van der Waals surface area contributed by atoms with Crippen molar-refractivity contribution in [3.8, 4) is 5.88 Å². The molecule has 0 radical (unpaired) electrons. The molecule has 0 aliphatic rings. The number of aliphatic hydroxyl groups excluding tert-OH is 1. The van der Waals surface area contributed by atoms with Gasteiger partial charge in [-0.2, -0.15) is 5.11 Å². The molecule has 2 N–H and O–H groups in total. The molecule has 1 rings (SSSR count). The third kappa shape index (κ3) is 7.10. The van der Waals surface area contributed by atoms with Crippen molar-refractivity contribution in [2.24, 2.45) is 10.2 Å². The summed E-state index contributed by atoms with van der Waals surface area (Å²) in [5.74, 6) is 0.796. The van der Waals surface area contributed by atoms with Crippen molar-refractivity contribution in [1.29, 1.82) is 0 Å². The number of azo groups is 1. The summed E-state index contributed by atoms with van der Waals surface area (Å²) < 4.78 is 5.34. The van der Waals surface area contributed by atoms with Crippen LogP contribution in [0.1, 0.15) is 27.7 Å². The standard InChI is InChI=1S/C13H23N5O2/c1-9(2)14-7-11(19)8-20-13-6-5-12(17-18-13)16-15-10(3)4/h5-6,9-11,14,19H,7-8H2,1-4H3. The third-order valence-corrected chi connectivity index (χ3v) is 2.20. The van der Waals surface area contributed by atoms with Crippen LogP contribution in [0.4, 0.5) is 5.82 Å². The van der Waals surface area contributed by atoms with Crippen LogP contribution in [0.15, 0.2) is 22.4 Å². The Morgan fingerprint density at radius 3 is 2.55 bits per heavy atom. The van der Waals surface area contributed by atoms with Crippen LogP contribution in [0.25, 0.3) is 0 Å². The molecule has 7 heteroatoms. The van der Waals surface area contributed by atoms with Gasteiger partial charge >= 0.3 is 0 Å². The maximum atomic E-state index is 9.69. The molecule has 0 amide bonds. The maximum Gasteiger partial charge on any atom is 0.233 e. The summed E-state index contributed by atoms with van der Waals surface area (Å²) in [6, 6.07) is 3.78. The first-order valence-electron chi connectivity index (χ1n) is 6.76. The van der Waals surface area contributed by atoms with E-state index >= 15 is 0 Å². The lowest BCUT2D eigenvalue weighted by Gasteiger charge is -2.14. The van der Waals surface area contributed by atoms with E-state index in [2.05, 4.69) is 25.7 Å². The molecule has 1 aromatic rings. The van der Waals surface area contributed by atoms with Gasteiger partial charge < -0.3 is 15.2 Å². The summed E-state index contributed by atoms with van der Waals surface area (Å²) in [4.78, 5) is 0. The van der Waals surface area contributed by atoms with Gasteiger partial charge in [0, 0.05) is 18.7 Å². The lowest BCUT2D eigenvalue weighted by atomic mass is 10.3. The summed E-state index contributed by atoms with van der Waals surface area (Å²) in [5.41, 5.74) is 0. The predicted octanol–water partition coefficient (Wildman–Crippen LogP) is 1.71. The number of nitrogens with one attached hydrogen (secondary N) is 1. The van der Waals surface area contributed by atoms with Crippen LogP contribution >= 0.6 is 0 Å². The Morgan fingerprint density at radius 2 is 2.00 bits per heavy atom. The van der Waals surface area contributed by atoms with E-state index in [0.717, 1.165) is 0 Å². The van der Waals surface area contributed by atoms with Crippen molar-refractivity contribution < 1.29 is 9.84 Å². The zero-order valence-electron chi connectivity index (χ0n) is 12.4. The lowest BCUT2D eigenvalue weighted by molar-refractivity contribution is 0.101. The van der Waals surface area contributed by atoms with E-state index in [0.29, 0.717) is 24.3 Å². The molecule has 1 atom stereocenters. The highest BCUT2D eigenvalue weighted by atomic mass is 16.5. The Morgan fingerprint density at radius 1 is 1.25 bits per heavy atom. The van der Waals surface area contributed by atoms with Crippen molar-refractivity contribution in [3.05, 3.63) is 12.1 Å². The zero-order chi connectivity index (χ0) is 15.0. The maximum absolute atomic E-state index is 9.69. The minimum atomic E-state index is -0.584. The second-order valence-corrected chi connectivity index (χ2v) is 5.07. The van der Waals surface area contributed by atoms with E-state index in [1.807, 2.05) is 27.7 Å². The van der Waals surface area contributed by atoms with Crippen LogP contribution in [0.3, 0.4) is 0 Å². The quantitative estimate of drug-likeness (QED) is 0.708. The van der Waals surface area contributed by atoms with E-state index < -0.39 is 6.10 Å². The SMILES string of the molecule is CC(C)N=Nc1ccc(OCC(O)CNC(C)C)nn1. The second kappa shape index (κ2) is 8.55. The average molecular weight is 281 g/mol. The topological polar surface area (TPSA) is 92.0 Å². The zero-order valence-corrected chi connectivity index (χ0v) is 12.4. The molecule has 7 nitrogen and oxygen atoms in total. The fraction of sp³-hybridized carbons (Fsp3) is 0.692. The summed E-state index contributed by atoms with van der Waals surface area (Å²) >= 11 is 0. The van der Waals surface area contributed by atoms with Crippen molar-refractivity contribution >= 4 is 5.82 Å². The molecule has 0 aliphatic carbocycles. The van der Waals surface area contributed by atoms with E-state index in [9.17, 15) is 5.11 Å². The number of hydrogen-bond acceptors (Lipinski definition) is 7. The molecule has 0 aliphatic heterocycles. The molecule has 1 unspecified atom stereocenters. The van der Waals surface area contributed by atoms with Gasteiger partial charge in [-0.05, 0) is 19.9 Å². The second-order valence-electron chi connectivity index (χ2n) is 5.07. The average Bonchev–Trinajstić information content (AvgIpc) is 2.41. The van der Waals surface area contributed by atoms with Crippen molar-refractivity contribution in [2.75, 3.05) is 13.2 Å². The van der Waals surface area contributed by atoms with Crippen LogP contribution in [0.5, 0.6) is 5.88 Å². The van der Waals surface area contributed by atoms with Gasteiger partial charge in [0.1, 0.15) is 12.7 Å². The van der Waals surface area contributed by atoms with Gasteiger partial charge in [0.25, 0.3) is 0 Å². The van der Waals surface area contributed by atoms with E-state index in [-0.39, 0.29) is 12.6 Å². The summed E-state index contributed by atoms with van der Waals surface area (Å²) in [5, 5.41) is 28.5. The Balaban J connectivity index is 2.38. The highest BCUT2D eigenvalue weighted by Gasteiger charge is 2.07. The number of aromatic nitrogens is 2. The van der Waals surface area contributed by atoms with Gasteiger partial charge in [0.15, 0.2) is 5.82 Å². The Bertz CT molecular complexity index is 406. The number of nitrogens with zero attached hydrogens (tertiary/aromatic N) is 4. The van der Waals surface area contributed by atoms with Gasteiger partial charge in [0.2, 0.25) is 5.88 Å². The minimum absolute atomic E-state index is 0.122. The lowest BCUT2D eigenvalue weighted by Crippen LogP contribution is -2.35. The third-order valence-electron chi connectivity index (χ3n) is 2.20. The molecule has 1 heterocycles. The van der Waals surface area contributed by atoms with Gasteiger partial charge in [-0.25, -0.2) is 0 Å². The van der Waals surface area contributed by atoms with E-state index in [4.69, 9.17) is 4.74 Å². The summed E-state index contributed by atoms with van der Waals surface area (Å²) in [7, 11) is 0. The summed E-state index contributed by atoms with van der Waals surface area (Å²) in [6.07, 6.45) is -0.584. The van der Waals surface area contributed by atoms with Crippen LogP contribution in [-0.2, 0) is 0 Å². The number of rotatable bonds is 8. The number of ether oxygens (including phenoxy) is 1. The fourth-order valence-corrected chi connectivity index (χ4v) is 1.23. The van der Waals surface area contributed by atoms with Crippen LogP contribution in [0.2, 0.25) is 0 Å². The molecule has 112 valence electrons. The van der Waals surface area contributed by atoms with Gasteiger partial charge in [0.05, 0.1) is 6.04 Å². The first kappa shape index (κ1) is 16.5. The van der Waals surface area contributed by atoms with Crippen molar-refractivity contribution in [3.63, 3.8) is 0 Å². The van der Waals surface area contributed by atoms with Crippen molar-refractivity contribution in [1.82, 2.24) is 15.5 Å². The number of hydrogen-bond donors (Lipinski definition) is 2. The molecular formula is C13H23N5O2. The van der Waals surface area contributed by atoms with E-state index in [1.165, 1.54) is 0 Å². The van der Waals surface area contributed by atoms with Crippen LogP contribution in [-0.4, -0.2) is 46.6 Å². The smallest absolute Gasteiger partial charge is 0.233 e. The first-order chi connectivity index (χ1) is 9.47. The van der Waals surface area contributed by atoms with Crippen LogP contribution < -0.4 is 10.1 Å². The highest BCUT2D eigenvalue weighted by molar-refractivity contribution is 5.26. The van der Waals surface area contributed by atoms with E-state index in [1.54, 1.807) is 12.1 Å². The Kier molecular flexibility index (Phi) is 7.03. The van der Waals surface area contributed by atoms with Gasteiger partial charge in [-0.3, -0.25) is 0 Å². The molecule has 0 spiro atoms. The first-order valence-corrected chi connectivity index (χ1v) is 6.76. The molecular weight excluding hydrogens is 258 g/mol. The number of aliphatic hydroxyl groups is 1. The summed E-state index contributed by atoms with van der Waals surface area (Å²) in [6.45, 7) is 8.54. The Labute approximate surface area is 119 Å². The van der Waals surface area contributed by atoms with Gasteiger partial charge in [-0.15, -0.1) is 15.3 Å². The molecule has 0 bridgehead atoms. The molecule has 0 aromatic carbocycles. The largest absolute Gasteiger partial charge is 0.474 e. The predicted molar refractivity (Wildman–Crippen MR) is 76.3 cm³/mol. The van der Waals surface area contributed by atoms with Gasteiger partial charge in [-0.1, -0.05) is 13.8 Å². The molecule has 20 heavy (non-hydrogen) atoms. The fourth-order valence-electron chi connectivity index (χ4n) is 1.23. The molecule has 0 fully saturated rings.